The lowest BCUT2D eigenvalue weighted by molar-refractivity contribution is 0.246. The minimum atomic E-state index is -0.539. The number of amides is 2. The van der Waals surface area contributed by atoms with Gasteiger partial charge in [0, 0.05) is 5.69 Å². The fraction of sp³-hybridized carbons (Fsp3) is 0.188. The molecule has 0 aromatic heterocycles. The highest BCUT2D eigenvalue weighted by atomic mass is 35.5. The first-order valence-corrected chi connectivity index (χ1v) is 7.23. The molecule has 0 heterocycles. The first-order valence-electron chi connectivity index (χ1n) is 6.86. The molecule has 0 unspecified atom stereocenters. The number of rotatable bonds is 6. The van der Waals surface area contributed by atoms with Gasteiger partial charge in [0.15, 0.2) is 11.5 Å². The largest absolute Gasteiger partial charge is 0.493 e. The minimum absolute atomic E-state index is 0.0534. The Morgan fingerprint density at radius 3 is 2.65 bits per heavy atom. The number of nitrogens with one attached hydrogen (secondary N) is 2. The highest BCUT2D eigenvalue weighted by Gasteiger charge is 2.05. The number of para-hydroxylation sites is 2. The predicted octanol–water partition coefficient (Wildman–Crippen LogP) is 3.69. The third-order valence-electron chi connectivity index (χ3n) is 2.89. The second-order valence-corrected chi connectivity index (χ2v) is 4.92. The molecule has 5 nitrogen and oxygen atoms in total. The third-order valence-corrected chi connectivity index (χ3v) is 3.18. The van der Waals surface area contributed by atoms with Crippen LogP contribution in [-0.4, -0.2) is 26.3 Å². The summed E-state index contributed by atoms with van der Waals surface area (Å²) in [6.45, 7) is 0.566. The molecule has 0 atom stereocenters. The van der Waals surface area contributed by atoms with E-state index < -0.39 is 11.8 Å². The third kappa shape index (κ3) is 5.03. The van der Waals surface area contributed by atoms with E-state index in [0.29, 0.717) is 23.7 Å². The lowest BCUT2D eigenvalue weighted by atomic mass is 10.3. The lowest BCUT2D eigenvalue weighted by Gasteiger charge is -2.11. The number of urea groups is 1. The molecule has 0 aliphatic carbocycles. The molecule has 0 saturated heterocycles. The molecule has 0 radical (unpaired) electrons. The fourth-order valence-corrected chi connectivity index (χ4v) is 1.99. The van der Waals surface area contributed by atoms with Crippen LogP contribution in [0.1, 0.15) is 0 Å². The van der Waals surface area contributed by atoms with Gasteiger partial charge in [0.25, 0.3) is 0 Å². The Hall–Kier alpha value is -2.47. The van der Waals surface area contributed by atoms with Crippen LogP contribution >= 0.6 is 11.6 Å². The summed E-state index contributed by atoms with van der Waals surface area (Å²) in [5.74, 6) is 0.684. The van der Waals surface area contributed by atoms with Crippen LogP contribution < -0.4 is 20.1 Å². The Balaban J connectivity index is 1.75. The predicted molar refractivity (Wildman–Crippen MR) is 86.9 cm³/mol. The molecule has 0 aliphatic heterocycles. The van der Waals surface area contributed by atoms with E-state index in [1.807, 2.05) is 12.1 Å². The van der Waals surface area contributed by atoms with Gasteiger partial charge in [-0.05, 0) is 30.3 Å². The van der Waals surface area contributed by atoms with Crippen molar-refractivity contribution in [3.8, 4) is 11.5 Å². The number of hydrogen-bond donors (Lipinski definition) is 2. The van der Waals surface area contributed by atoms with Crippen molar-refractivity contribution in [3.05, 3.63) is 53.3 Å². The van der Waals surface area contributed by atoms with Crippen molar-refractivity contribution in [1.82, 2.24) is 5.32 Å². The van der Waals surface area contributed by atoms with E-state index in [1.54, 1.807) is 19.2 Å². The molecule has 23 heavy (non-hydrogen) atoms. The number of carbonyl (C=O) groups excluding carboxylic acids is 1. The maximum absolute atomic E-state index is 13.0. The normalized spacial score (nSPS) is 10.0. The van der Waals surface area contributed by atoms with Crippen LogP contribution in [0.4, 0.5) is 14.9 Å². The number of carbonyl (C=O) groups is 1. The molecule has 0 spiro atoms. The maximum atomic E-state index is 13.0. The molecule has 122 valence electrons. The van der Waals surface area contributed by atoms with Crippen molar-refractivity contribution < 1.29 is 18.7 Å². The minimum Gasteiger partial charge on any atom is -0.493 e. The molecule has 0 aliphatic rings. The van der Waals surface area contributed by atoms with Crippen molar-refractivity contribution in [2.45, 2.75) is 0 Å². The van der Waals surface area contributed by atoms with Crippen molar-refractivity contribution in [2.75, 3.05) is 25.6 Å². The van der Waals surface area contributed by atoms with Crippen LogP contribution in [0, 0.1) is 5.82 Å². The highest BCUT2D eigenvalue weighted by molar-refractivity contribution is 6.31. The first-order chi connectivity index (χ1) is 11.1. The average Bonchev–Trinajstić information content (AvgIpc) is 2.55. The summed E-state index contributed by atoms with van der Waals surface area (Å²) in [5.41, 5.74) is 0.402. The molecular weight excluding hydrogens is 323 g/mol. The maximum Gasteiger partial charge on any atom is 0.319 e. The molecule has 2 N–H and O–H groups in total. The van der Waals surface area contributed by atoms with E-state index in [0.717, 1.165) is 0 Å². The summed E-state index contributed by atoms with van der Waals surface area (Å²) in [6.07, 6.45) is 0. The average molecular weight is 339 g/mol. The Bertz CT molecular complexity index is 682. The fourth-order valence-electron chi connectivity index (χ4n) is 1.81. The number of ether oxygens (including phenoxy) is 2. The molecule has 0 saturated carbocycles. The van der Waals surface area contributed by atoms with E-state index in [4.69, 9.17) is 21.1 Å². The molecule has 2 aromatic carbocycles. The molecule has 2 amide bonds. The van der Waals surface area contributed by atoms with Gasteiger partial charge in [-0.3, -0.25) is 0 Å². The SMILES string of the molecule is COc1ccccc1OCCNC(=O)Nc1ccc(F)c(Cl)c1. The zero-order valence-corrected chi connectivity index (χ0v) is 13.2. The number of methoxy groups -OCH3 is 1. The zero-order valence-electron chi connectivity index (χ0n) is 12.4. The van der Waals surface area contributed by atoms with Crippen molar-refractivity contribution in [2.24, 2.45) is 0 Å². The van der Waals surface area contributed by atoms with Gasteiger partial charge < -0.3 is 20.1 Å². The van der Waals surface area contributed by atoms with Crippen molar-refractivity contribution in [1.29, 1.82) is 0 Å². The first kappa shape index (κ1) is 16.9. The summed E-state index contributed by atoms with van der Waals surface area (Å²) in [6, 6.07) is 10.7. The molecular formula is C16H16ClFN2O3. The van der Waals surface area contributed by atoms with Gasteiger partial charge >= 0.3 is 6.03 Å². The van der Waals surface area contributed by atoms with Gasteiger partial charge in [-0.15, -0.1) is 0 Å². The van der Waals surface area contributed by atoms with Crippen LogP contribution in [0.5, 0.6) is 11.5 Å². The second kappa shape index (κ2) is 8.24. The van der Waals surface area contributed by atoms with Gasteiger partial charge in [-0.2, -0.15) is 0 Å². The lowest BCUT2D eigenvalue weighted by Crippen LogP contribution is -2.32. The van der Waals surface area contributed by atoms with Crippen molar-refractivity contribution in [3.63, 3.8) is 0 Å². The molecule has 0 fully saturated rings. The number of halogens is 2. The molecule has 7 heteroatoms. The van der Waals surface area contributed by atoms with Gasteiger partial charge in [0.2, 0.25) is 0 Å². The van der Waals surface area contributed by atoms with Crippen LogP contribution in [-0.2, 0) is 0 Å². The molecule has 2 rings (SSSR count). The summed E-state index contributed by atoms with van der Waals surface area (Å²) in [4.78, 5) is 11.7. The van der Waals surface area contributed by atoms with Gasteiger partial charge in [0.05, 0.1) is 18.7 Å². The van der Waals surface area contributed by atoms with Crippen LogP contribution in [0.2, 0.25) is 5.02 Å². The quantitative estimate of drug-likeness (QED) is 0.790. The Morgan fingerprint density at radius 1 is 1.22 bits per heavy atom. The van der Waals surface area contributed by atoms with Crippen LogP contribution in [0.15, 0.2) is 42.5 Å². The topological polar surface area (TPSA) is 59.6 Å². The number of anilines is 1. The monoisotopic (exact) mass is 338 g/mol. The van der Waals surface area contributed by atoms with E-state index >= 15 is 0 Å². The summed E-state index contributed by atoms with van der Waals surface area (Å²) < 4.78 is 23.7. The second-order valence-electron chi connectivity index (χ2n) is 4.51. The van der Waals surface area contributed by atoms with Crippen LogP contribution in [0.25, 0.3) is 0 Å². The Morgan fingerprint density at radius 2 is 1.96 bits per heavy atom. The smallest absolute Gasteiger partial charge is 0.319 e. The number of hydrogen-bond acceptors (Lipinski definition) is 3. The van der Waals surface area contributed by atoms with E-state index in [2.05, 4.69) is 10.6 Å². The van der Waals surface area contributed by atoms with Gasteiger partial charge in [-0.25, -0.2) is 9.18 Å². The van der Waals surface area contributed by atoms with E-state index in [9.17, 15) is 9.18 Å². The van der Waals surface area contributed by atoms with Crippen molar-refractivity contribution >= 4 is 23.3 Å². The number of benzene rings is 2. The summed E-state index contributed by atoms with van der Waals surface area (Å²) >= 11 is 5.64. The summed E-state index contributed by atoms with van der Waals surface area (Å²) in [7, 11) is 1.56. The molecule has 0 bridgehead atoms. The summed E-state index contributed by atoms with van der Waals surface area (Å²) in [5, 5.41) is 5.12. The van der Waals surface area contributed by atoms with Gasteiger partial charge in [-0.1, -0.05) is 23.7 Å². The Labute approximate surface area is 138 Å². The van der Waals surface area contributed by atoms with E-state index in [-0.39, 0.29) is 11.6 Å². The highest BCUT2D eigenvalue weighted by Crippen LogP contribution is 2.25. The standard InChI is InChI=1S/C16H16ClFN2O3/c1-22-14-4-2-3-5-15(14)23-9-8-19-16(21)20-11-6-7-13(18)12(17)10-11/h2-7,10H,8-9H2,1H3,(H2,19,20,21). The zero-order chi connectivity index (χ0) is 16.7. The van der Waals surface area contributed by atoms with E-state index in [1.165, 1.54) is 18.2 Å². The molecule has 2 aromatic rings. The Kier molecular flexibility index (Phi) is 6.05. The van der Waals surface area contributed by atoms with Crippen LogP contribution in [0.3, 0.4) is 0 Å². The van der Waals surface area contributed by atoms with Gasteiger partial charge in [0.1, 0.15) is 12.4 Å².